The molecule has 0 fully saturated rings. The van der Waals surface area contributed by atoms with E-state index in [2.05, 4.69) is 14.7 Å². The van der Waals surface area contributed by atoms with Gasteiger partial charge < -0.3 is 10.6 Å². The molecule has 3 aromatic rings. The summed E-state index contributed by atoms with van der Waals surface area (Å²) in [5.74, 6) is -0.0905. The van der Waals surface area contributed by atoms with E-state index < -0.39 is 10.0 Å². The lowest BCUT2D eigenvalue weighted by Gasteiger charge is -2.17. The average Bonchev–Trinajstić information content (AvgIpc) is 3.27. The fourth-order valence-electron chi connectivity index (χ4n) is 3.15. The van der Waals surface area contributed by atoms with Crippen LogP contribution in [-0.2, 0) is 27.8 Å². The largest absolute Gasteiger partial charge is 0.383 e. The number of thiophene rings is 1. The number of halogens is 1. The minimum atomic E-state index is -3.65. The van der Waals surface area contributed by atoms with Gasteiger partial charge in [-0.1, -0.05) is 17.7 Å². The monoisotopic (exact) mass is 463 g/mol. The van der Waals surface area contributed by atoms with Crippen molar-refractivity contribution in [3.8, 4) is 0 Å². The maximum atomic E-state index is 12.7. The maximum Gasteiger partial charge on any atom is 0.271 e. The summed E-state index contributed by atoms with van der Waals surface area (Å²) in [6.45, 7) is 0.648. The van der Waals surface area contributed by atoms with Crippen molar-refractivity contribution in [3.05, 3.63) is 63.2 Å². The van der Waals surface area contributed by atoms with Crippen LogP contribution in [0.3, 0.4) is 0 Å². The van der Waals surface area contributed by atoms with Crippen molar-refractivity contribution in [2.24, 2.45) is 0 Å². The summed E-state index contributed by atoms with van der Waals surface area (Å²) in [5, 5.41) is 0.743. The molecule has 3 heterocycles. The number of benzene rings is 1. The van der Waals surface area contributed by atoms with Gasteiger partial charge in [0, 0.05) is 23.4 Å². The number of anilines is 1. The number of aromatic nitrogens is 2. The van der Waals surface area contributed by atoms with Gasteiger partial charge in [0.2, 0.25) is 10.0 Å². The first-order chi connectivity index (χ1) is 14.3. The molecule has 0 saturated heterocycles. The van der Waals surface area contributed by atoms with Gasteiger partial charge in [-0.15, -0.1) is 11.3 Å². The topological polar surface area (TPSA) is 118 Å². The Morgan fingerprint density at radius 1 is 1.23 bits per heavy atom. The minimum absolute atomic E-state index is 0.0755. The van der Waals surface area contributed by atoms with E-state index in [1.165, 1.54) is 17.7 Å². The number of hydrogen-bond acceptors (Lipinski definition) is 7. The number of carbonyl (C=O) groups is 1. The minimum Gasteiger partial charge on any atom is -0.383 e. The van der Waals surface area contributed by atoms with Crippen molar-refractivity contribution in [1.82, 2.24) is 19.6 Å². The summed E-state index contributed by atoms with van der Waals surface area (Å²) >= 11 is 7.21. The van der Waals surface area contributed by atoms with E-state index in [1.54, 1.807) is 23.1 Å². The molecule has 3 N–H and O–H groups in total. The molecule has 0 radical (unpaired) electrons. The Labute approximate surface area is 182 Å². The number of carbonyl (C=O) groups excluding carboxylic acids is 1. The lowest BCUT2D eigenvalue weighted by atomic mass is 10.1. The van der Waals surface area contributed by atoms with Gasteiger partial charge in [0.05, 0.1) is 15.6 Å². The van der Waals surface area contributed by atoms with Gasteiger partial charge in [0.25, 0.3) is 5.91 Å². The molecule has 0 atom stereocenters. The SMILES string of the molecule is Nc1ncnc2cc(CN3CC=C(NS(=O)(=O)CCc4ccc(Cl)s4)C3=O)ccc12. The van der Waals surface area contributed by atoms with Gasteiger partial charge in [-0.05, 0) is 42.3 Å². The molecule has 156 valence electrons. The first-order valence-electron chi connectivity index (χ1n) is 9.04. The predicted molar refractivity (Wildman–Crippen MR) is 117 cm³/mol. The van der Waals surface area contributed by atoms with Crippen molar-refractivity contribution >= 4 is 55.6 Å². The van der Waals surface area contributed by atoms with Gasteiger partial charge >= 0.3 is 0 Å². The van der Waals surface area contributed by atoms with E-state index in [1.807, 2.05) is 18.2 Å². The van der Waals surface area contributed by atoms with Crippen LogP contribution in [0, 0.1) is 0 Å². The number of nitrogens with one attached hydrogen (secondary N) is 1. The van der Waals surface area contributed by atoms with E-state index in [0.29, 0.717) is 35.2 Å². The number of fused-ring (bicyclic) bond motifs is 1. The van der Waals surface area contributed by atoms with Crippen molar-refractivity contribution < 1.29 is 13.2 Å². The molecule has 1 aliphatic rings. The second-order valence-electron chi connectivity index (χ2n) is 6.79. The summed E-state index contributed by atoms with van der Waals surface area (Å²) in [6, 6.07) is 9.04. The second kappa shape index (κ2) is 8.21. The van der Waals surface area contributed by atoms with E-state index in [9.17, 15) is 13.2 Å². The molecule has 0 spiro atoms. The molecular weight excluding hydrogens is 446 g/mol. The van der Waals surface area contributed by atoms with Crippen molar-refractivity contribution in [1.29, 1.82) is 0 Å². The van der Waals surface area contributed by atoms with Crippen LogP contribution < -0.4 is 10.5 Å². The molecule has 2 aromatic heterocycles. The van der Waals surface area contributed by atoms with Gasteiger partial charge in [-0.25, -0.2) is 18.4 Å². The summed E-state index contributed by atoms with van der Waals surface area (Å²) in [4.78, 5) is 23.2. The van der Waals surface area contributed by atoms with Crippen LogP contribution >= 0.6 is 22.9 Å². The number of amides is 1. The van der Waals surface area contributed by atoms with Gasteiger partial charge in [0.1, 0.15) is 17.8 Å². The predicted octanol–water partition coefficient (Wildman–Crippen LogP) is 2.32. The fraction of sp³-hybridized carbons (Fsp3) is 0.211. The Morgan fingerprint density at radius 3 is 2.83 bits per heavy atom. The van der Waals surface area contributed by atoms with E-state index >= 15 is 0 Å². The first-order valence-corrected chi connectivity index (χ1v) is 11.9. The number of nitrogens with two attached hydrogens (primary N) is 1. The molecule has 0 bridgehead atoms. The third-order valence-corrected chi connectivity index (χ3v) is 7.21. The Morgan fingerprint density at radius 2 is 2.07 bits per heavy atom. The van der Waals surface area contributed by atoms with Gasteiger partial charge in [-0.3, -0.25) is 9.52 Å². The van der Waals surface area contributed by atoms with Gasteiger partial charge in [-0.2, -0.15) is 0 Å². The van der Waals surface area contributed by atoms with Crippen LogP contribution in [-0.4, -0.2) is 41.5 Å². The highest BCUT2D eigenvalue weighted by Crippen LogP contribution is 2.23. The molecule has 0 aliphatic carbocycles. The van der Waals surface area contributed by atoms with E-state index in [0.717, 1.165) is 15.8 Å². The van der Waals surface area contributed by atoms with Crippen molar-refractivity contribution in [2.75, 3.05) is 18.0 Å². The average molecular weight is 464 g/mol. The quantitative estimate of drug-likeness (QED) is 0.555. The molecule has 1 aliphatic heterocycles. The number of hydrogen-bond donors (Lipinski definition) is 2. The van der Waals surface area contributed by atoms with Crippen LogP contribution in [0.15, 0.2) is 48.4 Å². The molecule has 0 saturated carbocycles. The zero-order valence-corrected chi connectivity index (χ0v) is 18.1. The molecule has 8 nitrogen and oxygen atoms in total. The fourth-order valence-corrected chi connectivity index (χ4v) is 5.46. The van der Waals surface area contributed by atoms with Crippen LogP contribution in [0.2, 0.25) is 4.34 Å². The highest BCUT2D eigenvalue weighted by Gasteiger charge is 2.27. The lowest BCUT2D eigenvalue weighted by molar-refractivity contribution is -0.126. The number of sulfonamides is 1. The third-order valence-electron chi connectivity index (χ3n) is 4.65. The summed E-state index contributed by atoms with van der Waals surface area (Å²) in [5.41, 5.74) is 7.46. The Bertz CT molecular complexity index is 1260. The second-order valence-corrected chi connectivity index (χ2v) is 10.4. The highest BCUT2D eigenvalue weighted by atomic mass is 35.5. The molecule has 11 heteroatoms. The molecule has 0 unspecified atom stereocenters. The first kappa shape index (κ1) is 20.6. The van der Waals surface area contributed by atoms with E-state index in [-0.39, 0.29) is 17.4 Å². The van der Waals surface area contributed by atoms with Crippen molar-refractivity contribution in [3.63, 3.8) is 0 Å². The number of nitrogens with zero attached hydrogens (tertiary/aromatic N) is 3. The zero-order valence-electron chi connectivity index (χ0n) is 15.7. The third kappa shape index (κ3) is 4.55. The van der Waals surface area contributed by atoms with Crippen LogP contribution in [0.5, 0.6) is 0 Å². The molecular formula is C19H18ClN5O3S2. The van der Waals surface area contributed by atoms with Crippen molar-refractivity contribution in [2.45, 2.75) is 13.0 Å². The molecule has 1 amide bonds. The standard InChI is InChI=1S/C19H18ClN5O3S2/c20-17-4-2-13(29-17)6-8-30(27,28)24-15-5-7-25(19(15)26)10-12-1-3-14-16(9-12)22-11-23-18(14)21/h1-5,9,11,24H,6-8,10H2,(H2,21,22,23). The summed E-state index contributed by atoms with van der Waals surface area (Å²) < 4.78 is 27.8. The molecule has 30 heavy (non-hydrogen) atoms. The van der Waals surface area contributed by atoms with Crippen LogP contribution in [0.25, 0.3) is 10.9 Å². The van der Waals surface area contributed by atoms with E-state index in [4.69, 9.17) is 17.3 Å². The smallest absolute Gasteiger partial charge is 0.271 e. The molecule has 1 aromatic carbocycles. The van der Waals surface area contributed by atoms with Crippen LogP contribution in [0.4, 0.5) is 5.82 Å². The summed E-state index contributed by atoms with van der Waals surface area (Å²) in [7, 11) is -3.65. The molecule has 4 rings (SSSR count). The highest BCUT2D eigenvalue weighted by molar-refractivity contribution is 7.89. The Balaban J connectivity index is 1.38. The number of aryl methyl sites for hydroxylation is 1. The zero-order chi connectivity index (χ0) is 21.3. The summed E-state index contributed by atoms with van der Waals surface area (Å²) in [6.07, 6.45) is 3.31. The Kier molecular flexibility index (Phi) is 5.63. The van der Waals surface area contributed by atoms with Crippen LogP contribution in [0.1, 0.15) is 10.4 Å². The Hall–Kier alpha value is -2.69. The normalized spacial score (nSPS) is 14.4. The number of nitrogen functional groups attached to an aromatic ring is 1. The maximum absolute atomic E-state index is 12.7. The van der Waals surface area contributed by atoms with Gasteiger partial charge in [0.15, 0.2) is 0 Å². The lowest BCUT2D eigenvalue weighted by Crippen LogP contribution is -2.34. The number of rotatable bonds is 7.